The average Bonchev–Trinajstić information content (AvgIpc) is 2.21. The Hall–Kier alpha value is -1.49. The van der Waals surface area contributed by atoms with Crippen molar-refractivity contribution in [3.63, 3.8) is 0 Å². The van der Waals surface area contributed by atoms with E-state index in [1.165, 1.54) is 20.8 Å². The first-order valence-electron chi connectivity index (χ1n) is 5.05. The van der Waals surface area contributed by atoms with Crippen molar-refractivity contribution in [2.24, 2.45) is 0 Å². The molecule has 17 heavy (non-hydrogen) atoms. The van der Waals surface area contributed by atoms with Crippen LogP contribution in [0.25, 0.3) is 0 Å². The quantitative estimate of drug-likeness (QED) is 0.855. The Morgan fingerprint density at radius 1 is 1.29 bits per heavy atom. The lowest BCUT2D eigenvalue weighted by Crippen LogP contribution is -2.40. The molecule has 1 atom stereocenters. The van der Waals surface area contributed by atoms with E-state index in [1.807, 2.05) is 0 Å². The number of halogens is 2. The summed E-state index contributed by atoms with van der Waals surface area (Å²) >= 11 is 0. The van der Waals surface area contributed by atoms with Gasteiger partial charge in [0.25, 0.3) is 0 Å². The lowest BCUT2D eigenvalue weighted by Gasteiger charge is -2.28. The van der Waals surface area contributed by atoms with E-state index in [0.717, 1.165) is 12.1 Å². The van der Waals surface area contributed by atoms with Crippen molar-refractivity contribution >= 4 is 5.97 Å². The number of hydrogen-bond donors (Lipinski definition) is 2. The second-order valence-corrected chi connectivity index (χ2v) is 4.54. The van der Waals surface area contributed by atoms with Gasteiger partial charge in [-0.15, -0.1) is 0 Å². The molecule has 0 amide bonds. The number of hydrogen-bond acceptors (Lipinski definition) is 2. The number of aliphatic carboxylic acids is 1. The number of aryl methyl sites for hydroxylation is 1. The zero-order valence-electron chi connectivity index (χ0n) is 9.79. The van der Waals surface area contributed by atoms with E-state index in [0.29, 0.717) is 0 Å². The van der Waals surface area contributed by atoms with Crippen molar-refractivity contribution in [2.45, 2.75) is 32.3 Å². The molecule has 1 unspecified atom stereocenters. The SMILES string of the molecule is Cc1cc(F)c(C(C)(C)C(O)C(=O)O)cc1F. The van der Waals surface area contributed by atoms with Gasteiger partial charge in [0.1, 0.15) is 11.6 Å². The van der Waals surface area contributed by atoms with Crippen LogP contribution in [-0.4, -0.2) is 22.3 Å². The third-order valence-electron chi connectivity index (χ3n) is 2.86. The van der Waals surface area contributed by atoms with E-state index >= 15 is 0 Å². The molecule has 1 rings (SSSR count). The second-order valence-electron chi connectivity index (χ2n) is 4.54. The van der Waals surface area contributed by atoms with Crippen LogP contribution in [0.4, 0.5) is 8.78 Å². The Morgan fingerprint density at radius 3 is 2.29 bits per heavy atom. The van der Waals surface area contributed by atoms with Crippen molar-refractivity contribution in [3.05, 3.63) is 34.9 Å². The van der Waals surface area contributed by atoms with Crippen molar-refractivity contribution in [2.75, 3.05) is 0 Å². The van der Waals surface area contributed by atoms with Gasteiger partial charge in [-0.25, -0.2) is 13.6 Å². The molecule has 0 aliphatic carbocycles. The van der Waals surface area contributed by atoms with Crippen molar-refractivity contribution in [3.8, 4) is 0 Å². The molecule has 0 saturated heterocycles. The zero-order chi connectivity index (χ0) is 13.4. The summed E-state index contributed by atoms with van der Waals surface area (Å²) < 4.78 is 27.0. The summed E-state index contributed by atoms with van der Waals surface area (Å²) in [5.41, 5.74) is -1.44. The summed E-state index contributed by atoms with van der Waals surface area (Å²) in [6, 6.07) is 1.91. The summed E-state index contributed by atoms with van der Waals surface area (Å²) in [6.07, 6.45) is -1.81. The van der Waals surface area contributed by atoms with Crippen LogP contribution in [0.5, 0.6) is 0 Å². The third kappa shape index (κ3) is 2.44. The maximum atomic E-state index is 13.7. The minimum atomic E-state index is -1.81. The van der Waals surface area contributed by atoms with E-state index < -0.39 is 29.1 Å². The molecule has 1 aromatic carbocycles. The molecule has 2 N–H and O–H groups in total. The van der Waals surface area contributed by atoms with Crippen LogP contribution in [-0.2, 0) is 10.2 Å². The van der Waals surface area contributed by atoms with Gasteiger partial charge in [0.05, 0.1) is 0 Å². The summed E-state index contributed by atoms with van der Waals surface area (Å²) in [5.74, 6) is -2.84. The molecule has 1 aromatic rings. The fourth-order valence-electron chi connectivity index (χ4n) is 1.60. The van der Waals surface area contributed by atoms with Gasteiger partial charge < -0.3 is 10.2 Å². The highest BCUT2D eigenvalue weighted by atomic mass is 19.1. The largest absolute Gasteiger partial charge is 0.479 e. The van der Waals surface area contributed by atoms with Crippen LogP contribution in [0.2, 0.25) is 0 Å². The molecular formula is C12H14F2O3. The van der Waals surface area contributed by atoms with Crippen molar-refractivity contribution < 1.29 is 23.8 Å². The monoisotopic (exact) mass is 244 g/mol. The lowest BCUT2D eigenvalue weighted by atomic mass is 9.78. The first-order chi connectivity index (χ1) is 7.67. The molecule has 0 aromatic heterocycles. The molecule has 0 bridgehead atoms. The Labute approximate surface area is 97.7 Å². The fourth-order valence-corrected chi connectivity index (χ4v) is 1.60. The van der Waals surface area contributed by atoms with Gasteiger partial charge in [-0.05, 0) is 30.2 Å². The molecule has 0 heterocycles. The van der Waals surface area contributed by atoms with E-state index in [1.54, 1.807) is 0 Å². The summed E-state index contributed by atoms with van der Waals surface area (Å²) in [5, 5.41) is 18.2. The molecule has 94 valence electrons. The number of aliphatic hydroxyl groups is 1. The Morgan fingerprint density at radius 2 is 1.82 bits per heavy atom. The van der Waals surface area contributed by atoms with E-state index in [-0.39, 0.29) is 11.1 Å². The molecule has 5 heteroatoms. The van der Waals surface area contributed by atoms with E-state index in [2.05, 4.69) is 0 Å². The lowest BCUT2D eigenvalue weighted by molar-refractivity contribution is -0.150. The van der Waals surface area contributed by atoms with Crippen molar-refractivity contribution in [1.82, 2.24) is 0 Å². The first kappa shape index (κ1) is 13.6. The van der Waals surface area contributed by atoms with Crippen LogP contribution in [0.1, 0.15) is 25.0 Å². The predicted molar refractivity (Wildman–Crippen MR) is 57.8 cm³/mol. The molecule has 0 aliphatic heterocycles. The van der Waals surface area contributed by atoms with Crippen LogP contribution in [0.3, 0.4) is 0 Å². The minimum Gasteiger partial charge on any atom is -0.479 e. The van der Waals surface area contributed by atoms with Gasteiger partial charge in [-0.1, -0.05) is 13.8 Å². The number of rotatable bonds is 3. The average molecular weight is 244 g/mol. The van der Waals surface area contributed by atoms with Crippen LogP contribution < -0.4 is 0 Å². The highest BCUT2D eigenvalue weighted by molar-refractivity contribution is 5.74. The highest BCUT2D eigenvalue weighted by Crippen LogP contribution is 2.31. The standard InChI is InChI=1S/C12H14F2O3/c1-6-4-9(14)7(5-8(6)13)12(2,3)10(15)11(16)17/h4-5,10,15H,1-3H3,(H,16,17). The number of aliphatic hydroxyl groups excluding tert-OH is 1. The molecule has 0 saturated carbocycles. The van der Waals surface area contributed by atoms with Gasteiger partial charge in [0.15, 0.2) is 6.10 Å². The first-order valence-corrected chi connectivity index (χ1v) is 5.05. The Balaban J connectivity index is 3.33. The Bertz CT molecular complexity index is 455. The number of benzene rings is 1. The zero-order valence-corrected chi connectivity index (χ0v) is 9.79. The van der Waals surface area contributed by atoms with Gasteiger partial charge in [-0.2, -0.15) is 0 Å². The summed E-state index contributed by atoms with van der Waals surface area (Å²) in [6.45, 7) is 4.10. The normalized spacial score (nSPS) is 13.5. The van der Waals surface area contributed by atoms with Crippen LogP contribution in [0.15, 0.2) is 12.1 Å². The topological polar surface area (TPSA) is 57.5 Å². The van der Waals surface area contributed by atoms with Gasteiger partial charge in [0.2, 0.25) is 0 Å². The predicted octanol–water partition coefficient (Wildman–Crippen LogP) is 2.00. The van der Waals surface area contributed by atoms with E-state index in [4.69, 9.17) is 5.11 Å². The Kier molecular flexibility index (Phi) is 3.52. The molecule has 0 aliphatic rings. The fraction of sp³-hybridized carbons (Fsp3) is 0.417. The number of carboxylic acid groups (broad SMARTS) is 1. The van der Waals surface area contributed by atoms with Gasteiger partial charge >= 0.3 is 5.97 Å². The third-order valence-corrected chi connectivity index (χ3v) is 2.86. The molecular weight excluding hydrogens is 230 g/mol. The molecule has 0 spiro atoms. The van der Waals surface area contributed by atoms with E-state index in [9.17, 15) is 18.7 Å². The van der Waals surface area contributed by atoms with Crippen LogP contribution >= 0.6 is 0 Å². The number of carbonyl (C=O) groups is 1. The maximum Gasteiger partial charge on any atom is 0.333 e. The second kappa shape index (κ2) is 4.41. The molecule has 0 fully saturated rings. The summed E-state index contributed by atoms with van der Waals surface area (Å²) in [7, 11) is 0. The summed E-state index contributed by atoms with van der Waals surface area (Å²) in [4.78, 5) is 10.7. The minimum absolute atomic E-state index is 0.131. The smallest absolute Gasteiger partial charge is 0.333 e. The van der Waals surface area contributed by atoms with Crippen molar-refractivity contribution in [1.29, 1.82) is 0 Å². The number of carboxylic acids is 1. The van der Waals surface area contributed by atoms with Gasteiger partial charge in [0, 0.05) is 5.41 Å². The van der Waals surface area contributed by atoms with Crippen LogP contribution in [0, 0.1) is 18.6 Å². The molecule has 3 nitrogen and oxygen atoms in total. The highest BCUT2D eigenvalue weighted by Gasteiger charge is 2.37. The van der Waals surface area contributed by atoms with Gasteiger partial charge in [-0.3, -0.25) is 0 Å². The molecule has 0 radical (unpaired) electrons. The maximum absolute atomic E-state index is 13.7.